The maximum absolute atomic E-state index is 13.3. The fraction of sp³-hybridized carbons (Fsp3) is 0.440. The first-order chi connectivity index (χ1) is 16.8. The number of methoxy groups -OCH3 is 1. The number of halogens is 1. The molecule has 1 aliphatic carbocycles. The molecule has 10 heteroatoms. The minimum Gasteiger partial charge on any atom is -0.490 e. The minimum absolute atomic E-state index is 0.0234. The van der Waals surface area contributed by atoms with Crippen molar-refractivity contribution in [2.24, 2.45) is 0 Å². The Morgan fingerprint density at radius 3 is 2.57 bits per heavy atom. The Morgan fingerprint density at radius 1 is 1.23 bits per heavy atom. The lowest BCUT2D eigenvalue weighted by molar-refractivity contribution is -0.385. The Kier molecular flexibility index (Phi) is 9.31. The fourth-order valence-electron chi connectivity index (χ4n) is 4.22. The Bertz CT molecular complexity index is 1060. The molecule has 0 saturated heterocycles. The molecule has 0 radical (unpaired) electrons. The molecule has 0 spiro atoms. The molecule has 2 aromatic carbocycles. The molecular formula is C25H30ClN3O6. The minimum atomic E-state index is -0.700. The fourth-order valence-corrected chi connectivity index (χ4v) is 4.42. The molecule has 0 aromatic heterocycles. The summed E-state index contributed by atoms with van der Waals surface area (Å²) in [6.07, 6.45) is 4.45. The lowest BCUT2D eigenvalue weighted by atomic mass is 10.1. The summed E-state index contributed by atoms with van der Waals surface area (Å²) in [5.41, 5.74) is 0.507. The molecule has 2 aromatic rings. The molecule has 1 saturated carbocycles. The first-order valence-corrected chi connectivity index (χ1v) is 12.0. The summed E-state index contributed by atoms with van der Waals surface area (Å²) in [5.74, 6) is -0.343. The molecular weight excluding hydrogens is 474 g/mol. The maximum atomic E-state index is 13.3. The summed E-state index contributed by atoms with van der Waals surface area (Å²) < 4.78 is 10.7. The zero-order valence-corrected chi connectivity index (χ0v) is 20.6. The van der Waals surface area contributed by atoms with Gasteiger partial charge in [-0.3, -0.25) is 19.7 Å². The van der Waals surface area contributed by atoms with Gasteiger partial charge in [0.05, 0.1) is 12.0 Å². The summed E-state index contributed by atoms with van der Waals surface area (Å²) in [5, 5.41) is 14.7. The van der Waals surface area contributed by atoms with Crippen LogP contribution in [0.3, 0.4) is 0 Å². The largest absolute Gasteiger partial charge is 0.490 e. The van der Waals surface area contributed by atoms with Crippen LogP contribution in [0.1, 0.15) is 44.6 Å². The number of nitrogens with zero attached hydrogens (tertiary/aromatic N) is 2. The molecule has 0 bridgehead atoms. The molecule has 1 N–H and O–H groups in total. The van der Waals surface area contributed by atoms with Crippen molar-refractivity contribution in [3.8, 4) is 11.5 Å². The van der Waals surface area contributed by atoms with Gasteiger partial charge in [-0.25, -0.2) is 0 Å². The number of ether oxygens (including phenoxy) is 2. The number of benzene rings is 2. The number of carbonyl (C=O) groups is 2. The number of nitro groups is 1. The molecule has 1 atom stereocenters. The van der Waals surface area contributed by atoms with Crippen molar-refractivity contribution in [3.63, 3.8) is 0 Å². The SMILES string of the molecule is CC[C@@H](C(=O)NC1CCCC1)N(Cc1ccccc1Cl)C(=O)COc1ccc([N+](=O)[O-])c(OC)c1. The molecule has 9 nitrogen and oxygen atoms in total. The van der Waals surface area contributed by atoms with Gasteiger partial charge in [-0.1, -0.05) is 49.6 Å². The van der Waals surface area contributed by atoms with Gasteiger partial charge in [-0.05, 0) is 37.0 Å². The Hall–Kier alpha value is -3.33. The number of nitrogens with one attached hydrogen (secondary N) is 1. The standard InChI is InChI=1S/C25H30ClN3O6/c1-3-21(25(31)27-18-9-5-6-10-18)28(15-17-8-4-7-11-20(17)26)24(30)16-35-19-12-13-22(29(32)33)23(14-19)34-2/h4,7-8,11-14,18,21H,3,5-6,9-10,15-16H2,1-2H3,(H,27,31)/t21-/m0/s1. The predicted octanol–water partition coefficient (Wildman–Crippen LogP) is 4.50. The zero-order valence-electron chi connectivity index (χ0n) is 19.9. The predicted molar refractivity (Wildman–Crippen MR) is 132 cm³/mol. The van der Waals surface area contributed by atoms with Gasteiger partial charge in [0.25, 0.3) is 5.91 Å². The Labute approximate surface area is 209 Å². The highest BCUT2D eigenvalue weighted by atomic mass is 35.5. The van der Waals surface area contributed by atoms with E-state index in [1.165, 1.54) is 30.2 Å². The number of carbonyl (C=O) groups excluding carboxylic acids is 2. The van der Waals surface area contributed by atoms with Gasteiger partial charge >= 0.3 is 5.69 Å². The smallest absolute Gasteiger partial charge is 0.311 e. The van der Waals surface area contributed by atoms with Gasteiger partial charge in [-0.2, -0.15) is 0 Å². The van der Waals surface area contributed by atoms with Crippen molar-refractivity contribution in [1.82, 2.24) is 10.2 Å². The molecule has 1 aliphatic rings. The van der Waals surface area contributed by atoms with Gasteiger partial charge in [0.15, 0.2) is 6.61 Å². The second-order valence-corrected chi connectivity index (χ2v) is 8.81. The Morgan fingerprint density at radius 2 is 1.94 bits per heavy atom. The van der Waals surface area contributed by atoms with Crippen LogP contribution in [0.25, 0.3) is 0 Å². The highest BCUT2D eigenvalue weighted by Gasteiger charge is 2.31. The average Bonchev–Trinajstić information content (AvgIpc) is 3.36. The van der Waals surface area contributed by atoms with E-state index in [0.29, 0.717) is 17.0 Å². The van der Waals surface area contributed by atoms with E-state index in [1.807, 2.05) is 19.1 Å². The van der Waals surface area contributed by atoms with Crippen molar-refractivity contribution < 1.29 is 24.0 Å². The Balaban J connectivity index is 1.79. The normalized spacial score (nSPS) is 14.3. The molecule has 0 aliphatic heterocycles. The molecule has 2 amide bonds. The van der Waals surface area contributed by atoms with Crippen molar-refractivity contribution in [1.29, 1.82) is 0 Å². The van der Waals surface area contributed by atoms with Crippen LogP contribution < -0.4 is 14.8 Å². The third kappa shape index (κ3) is 6.85. The van der Waals surface area contributed by atoms with Gasteiger partial charge in [0, 0.05) is 29.7 Å². The molecule has 35 heavy (non-hydrogen) atoms. The average molecular weight is 504 g/mol. The van der Waals surface area contributed by atoms with Gasteiger partial charge in [-0.15, -0.1) is 0 Å². The van der Waals surface area contributed by atoms with Crippen LogP contribution in [0.2, 0.25) is 5.02 Å². The van der Waals surface area contributed by atoms with Crippen LogP contribution in [0.15, 0.2) is 42.5 Å². The van der Waals surface area contributed by atoms with Crippen molar-refractivity contribution >= 4 is 29.1 Å². The summed E-state index contributed by atoms with van der Waals surface area (Å²) in [6, 6.07) is 10.6. The van der Waals surface area contributed by atoms with E-state index in [-0.39, 0.29) is 42.3 Å². The van der Waals surface area contributed by atoms with Gasteiger partial charge < -0.3 is 19.7 Å². The van der Waals surface area contributed by atoms with Crippen LogP contribution in [-0.2, 0) is 16.1 Å². The number of hydrogen-bond acceptors (Lipinski definition) is 6. The van der Waals surface area contributed by atoms with Gasteiger partial charge in [0.2, 0.25) is 11.7 Å². The lowest BCUT2D eigenvalue weighted by Crippen LogP contribution is -2.52. The van der Waals surface area contributed by atoms with Crippen molar-refractivity contribution in [3.05, 3.63) is 63.2 Å². The molecule has 188 valence electrons. The van der Waals surface area contributed by atoms with Crippen LogP contribution in [0, 0.1) is 10.1 Å². The number of hydrogen-bond donors (Lipinski definition) is 1. The number of rotatable bonds is 11. The molecule has 3 rings (SSSR count). The monoisotopic (exact) mass is 503 g/mol. The molecule has 0 heterocycles. The topological polar surface area (TPSA) is 111 Å². The molecule has 1 fully saturated rings. The summed E-state index contributed by atoms with van der Waals surface area (Å²) in [6.45, 7) is 1.63. The van der Waals surface area contributed by atoms with Gasteiger partial charge in [0.1, 0.15) is 11.8 Å². The van der Waals surface area contributed by atoms with Crippen molar-refractivity contribution in [2.75, 3.05) is 13.7 Å². The third-order valence-corrected chi connectivity index (χ3v) is 6.46. The summed E-state index contributed by atoms with van der Waals surface area (Å²) >= 11 is 6.35. The van der Waals surface area contributed by atoms with E-state index in [1.54, 1.807) is 12.1 Å². The van der Waals surface area contributed by atoms with E-state index < -0.39 is 16.9 Å². The zero-order chi connectivity index (χ0) is 25.4. The maximum Gasteiger partial charge on any atom is 0.311 e. The highest BCUT2D eigenvalue weighted by Crippen LogP contribution is 2.31. The lowest BCUT2D eigenvalue weighted by Gasteiger charge is -2.31. The number of amides is 2. The second-order valence-electron chi connectivity index (χ2n) is 8.41. The van der Waals surface area contributed by atoms with Crippen LogP contribution in [0.4, 0.5) is 5.69 Å². The van der Waals surface area contributed by atoms with E-state index in [2.05, 4.69) is 5.32 Å². The van der Waals surface area contributed by atoms with Crippen LogP contribution in [0.5, 0.6) is 11.5 Å². The molecule has 0 unspecified atom stereocenters. The highest BCUT2D eigenvalue weighted by molar-refractivity contribution is 6.31. The van der Waals surface area contributed by atoms with E-state index in [9.17, 15) is 19.7 Å². The first kappa shape index (κ1) is 26.3. The summed E-state index contributed by atoms with van der Waals surface area (Å²) in [7, 11) is 1.32. The second kappa shape index (κ2) is 12.4. The van der Waals surface area contributed by atoms with Crippen molar-refractivity contribution in [2.45, 2.75) is 57.7 Å². The van der Waals surface area contributed by atoms with E-state index in [0.717, 1.165) is 25.7 Å². The van der Waals surface area contributed by atoms with Crippen LogP contribution >= 0.6 is 11.6 Å². The van der Waals surface area contributed by atoms with Crippen LogP contribution in [-0.4, -0.2) is 47.4 Å². The summed E-state index contributed by atoms with van der Waals surface area (Å²) in [4.78, 5) is 38.5. The van der Waals surface area contributed by atoms with E-state index >= 15 is 0 Å². The first-order valence-electron chi connectivity index (χ1n) is 11.6. The third-order valence-electron chi connectivity index (χ3n) is 6.10. The quantitative estimate of drug-likeness (QED) is 0.357. The van der Waals surface area contributed by atoms with E-state index in [4.69, 9.17) is 21.1 Å². The number of nitro benzene ring substituents is 1.